The summed E-state index contributed by atoms with van der Waals surface area (Å²) in [5.74, 6) is 0.510. The Labute approximate surface area is 178 Å². The molecule has 1 N–H and O–H groups in total. The SMILES string of the molecule is Cc1ccoc1C(=O)N1CCC(N2CCC(N3C(=O)N[C@H]4CCCC[C@@H]43)CC2)CC1. The third kappa shape index (κ3) is 3.61. The average molecular weight is 415 g/mol. The third-order valence-electron chi connectivity index (χ3n) is 7.85. The van der Waals surface area contributed by atoms with E-state index in [1.165, 1.54) is 12.8 Å². The number of amides is 3. The molecule has 3 saturated heterocycles. The normalized spacial score (nSPS) is 29.2. The van der Waals surface area contributed by atoms with Crippen molar-refractivity contribution in [1.29, 1.82) is 0 Å². The summed E-state index contributed by atoms with van der Waals surface area (Å²) in [6.45, 7) is 5.62. The molecule has 4 fully saturated rings. The number of urea groups is 1. The minimum absolute atomic E-state index is 0.0248. The van der Waals surface area contributed by atoms with Crippen molar-refractivity contribution in [3.63, 3.8) is 0 Å². The van der Waals surface area contributed by atoms with Crippen molar-refractivity contribution in [2.24, 2.45) is 0 Å². The molecule has 4 heterocycles. The molecule has 0 aromatic carbocycles. The Kier molecular flexibility index (Phi) is 5.48. The molecular weight excluding hydrogens is 380 g/mol. The molecule has 7 nitrogen and oxygen atoms in total. The molecule has 1 aromatic heterocycles. The average Bonchev–Trinajstić information content (AvgIpc) is 3.35. The molecular formula is C23H34N4O3. The number of piperidine rings is 2. The Balaban J connectivity index is 1.12. The fourth-order valence-corrected chi connectivity index (χ4v) is 6.13. The lowest BCUT2D eigenvalue weighted by Crippen LogP contribution is -2.53. The van der Waals surface area contributed by atoms with Crippen LogP contribution in [0.5, 0.6) is 0 Å². The summed E-state index contributed by atoms with van der Waals surface area (Å²) >= 11 is 0. The molecule has 0 unspecified atom stereocenters. The Bertz CT molecular complexity index is 777. The number of furan rings is 1. The zero-order valence-electron chi connectivity index (χ0n) is 18.0. The van der Waals surface area contributed by atoms with Crippen LogP contribution in [0.4, 0.5) is 4.79 Å². The predicted molar refractivity (Wildman–Crippen MR) is 113 cm³/mol. The first kappa shape index (κ1) is 19.9. The van der Waals surface area contributed by atoms with E-state index >= 15 is 0 Å². The first-order valence-electron chi connectivity index (χ1n) is 11.8. The molecule has 0 radical (unpaired) electrons. The van der Waals surface area contributed by atoms with Crippen molar-refractivity contribution in [1.82, 2.24) is 20.0 Å². The molecule has 3 amide bonds. The summed E-state index contributed by atoms with van der Waals surface area (Å²) in [6, 6.07) is 3.75. The van der Waals surface area contributed by atoms with Gasteiger partial charge < -0.3 is 24.4 Å². The van der Waals surface area contributed by atoms with E-state index < -0.39 is 0 Å². The van der Waals surface area contributed by atoms with Crippen LogP contribution in [0.25, 0.3) is 0 Å². The molecule has 0 spiro atoms. The van der Waals surface area contributed by atoms with Crippen molar-refractivity contribution in [3.8, 4) is 0 Å². The number of likely N-dealkylation sites (tertiary alicyclic amines) is 2. The van der Waals surface area contributed by atoms with Crippen molar-refractivity contribution in [3.05, 3.63) is 23.7 Å². The van der Waals surface area contributed by atoms with Crippen LogP contribution in [-0.4, -0.2) is 77.0 Å². The molecule has 3 aliphatic heterocycles. The zero-order chi connectivity index (χ0) is 20.7. The van der Waals surface area contributed by atoms with Crippen LogP contribution in [0.3, 0.4) is 0 Å². The van der Waals surface area contributed by atoms with Crippen LogP contribution in [0.15, 0.2) is 16.7 Å². The maximum absolute atomic E-state index is 12.7. The van der Waals surface area contributed by atoms with Gasteiger partial charge in [0.05, 0.1) is 18.3 Å². The van der Waals surface area contributed by atoms with Gasteiger partial charge >= 0.3 is 6.03 Å². The highest BCUT2D eigenvalue weighted by atomic mass is 16.3. The summed E-state index contributed by atoms with van der Waals surface area (Å²) < 4.78 is 5.39. The minimum Gasteiger partial charge on any atom is -0.459 e. The maximum atomic E-state index is 12.7. The summed E-state index contributed by atoms with van der Waals surface area (Å²) in [5, 5.41) is 3.24. The summed E-state index contributed by atoms with van der Waals surface area (Å²) in [6.07, 6.45) is 10.6. The lowest BCUT2D eigenvalue weighted by molar-refractivity contribution is 0.0454. The van der Waals surface area contributed by atoms with E-state index in [1.54, 1.807) is 6.26 Å². The largest absolute Gasteiger partial charge is 0.459 e. The standard InChI is InChI=1S/C23H34N4O3/c1-16-10-15-30-21(16)22(28)26-13-6-17(7-14-26)25-11-8-18(9-12-25)27-20-5-3-2-4-19(20)24-23(27)29/h10,15,17-20H,2-9,11-14H2,1H3,(H,24,29)/t19-,20-/m0/s1. The number of fused-ring (bicyclic) bond motifs is 1. The van der Waals surface area contributed by atoms with Crippen molar-refractivity contribution >= 4 is 11.9 Å². The topological polar surface area (TPSA) is 69.0 Å². The molecule has 5 rings (SSSR count). The lowest BCUT2D eigenvalue weighted by atomic mass is 9.89. The van der Waals surface area contributed by atoms with Crippen molar-refractivity contribution in [2.75, 3.05) is 26.2 Å². The number of aryl methyl sites for hydroxylation is 1. The first-order chi connectivity index (χ1) is 14.6. The summed E-state index contributed by atoms with van der Waals surface area (Å²) in [7, 11) is 0. The van der Waals surface area contributed by atoms with Gasteiger partial charge in [-0.05, 0) is 51.5 Å². The third-order valence-corrected chi connectivity index (χ3v) is 7.85. The molecule has 1 aromatic rings. The van der Waals surface area contributed by atoms with Gasteiger partial charge in [-0.2, -0.15) is 0 Å². The second-order valence-electron chi connectivity index (χ2n) is 9.54. The molecule has 2 atom stereocenters. The number of hydrogen-bond acceptors (Lipinski definition) is 4. The van der Waals surface area contributed by atoms with E-state index in [1.807, 2.05) is 17.9 Å². The Morgan fingerprint density at radius 2 is 1.70 bits per heavy atom. The molecule has 7 heteroatoms. The van der Waals surface area contributed by atoms with Gasteiger partial charge in [0.15, 0.2) is 5.76 Å². The van der Waals surface area contributed by atoms with Gasteiger partial charge in [-0.25, -0.2) is 4.79 Å². The number of carbonyl (C=O) groups is 2. The van der Waals surface area contributed by atoms with Crippen LogP contribution in [0.1, 0.15) is 67.5 Å². The lowest BCUT2D eigenvalue weighted by Gasteiger charge is -2.44. The summed E-state index contributed by atoms with van der Waals surface area (Å²) in [5.41, 5.74) is 0.912. The van der Waals surface area contributed by atoms with Gasteiger partial charge in [0.1, 0.15) is 0 Å². The predicted octanol–water partition coefficient (Wildman–Crippen LogP) is 2.99. The molecule has 1 aliphatic carbocycles. The quantitative estimate of drug-likeness (QED) is 0.826. The number of carbonyl (C=O) groups excluding carboxylic acids is 2. The van der Waals surface area contributed by atoms with Gasteiger partial charge in [-0.1, -0.05) is 12.8 Å². The number of nitrogens with zero attached hydrogens (tertiary/aromatic N) is 3. The van der Waals surface area contributed by atoms with E-state index in [-0.39, 0.29) is 11.9 Å². The molecule has 1 saturated carbocycles. The molecule has 4 aliphatic rings. The van der Waals surface area contributed by atoms with E-state index in [0.717, 1.165) is 70.3 Å². The first-order valence-corrected chi connectivity index (χ1v) is 11.8. The van der Waals surface area contributed by atoms with E-state index in [2.05, 4.69) is 15.1 Å². The van der Waals surface area contributed by atoms with Crippen molar-refractivity contribution < 1.29 is 14.0 Å². The van der Waals surface area contributed by atoms with E-state index in [4.69, 9.17) is 4.42 Å². The van der Waals surface area contributed by atoms with Crippen molar-refractivity contribution in [2.45, 2.75) is 82.5 Å². The highest BCUT2D eigenvalue weighted by molar-refractivity contribution is 5.92. The van der Waals surface area contributed by atoms with Gasteiger partial charge in [0, 0.05) is 43.8 Å². The molecule has 0 bridgehead atoms. The van der Waals surface area contributed by atoms with Gasteiger partial charge in [0.25, 0.3) is 5.91 Å². The Morgan fingerprint density at radius 1 is 1.00 bits per heavy atom. The number of nitrogens with one attached hydrogen (secondary N) is 1. The highest BCUT2D eigenvalue weighted by Gasteiger charge is 2.44. The number of hydrogen-bond donors (Lipinski definition) is 1. The molecule has 164 valence electrons. The zero-order valence-corrected chi connectivity index (χ0v) is 18.0. The second-order valence-corrected chi connectivity index (χ2v) is 9.54. The van der Waals surface area contributed by atoms with Crippen LogP contribution in [-0.2, 0) is 0 Å². The van der Waals surface area contributed by atoms with Gasteiger partial charge in [0.2, 0.25) is 0 Å². The maximum Gasteiger partial charge on any atom is 0.318 e. The van der Waals surface area contributed by atoms with Crippen LogP contribution >= 0.6 is 0 Å². The Morgan fingerprint density at radius 3 is 2.40 bits per heavy atom. The fourth-order valence-electron chi connectivity index (χ4n) is 6.13. The highest BCUT2D eigenvalue weighted by Crippen LogP contribution is 2.33. The Hall–Kier alpha value is -2.02. The summed E-state index contributed by atoms with van der Waals surface area (Å²) in [4.78, 5) is 32.0. The minimum atomic E-state index is 0.0248. The smallest absolute Gasteiger partial charge is 0.318 e. The van der Waals surface area contributed by atoms with Crippen LogP contribution in [0.2, 0.25) is 0 Å². The number of rotatable bonds is 3. The monoisotopic (exact) mass is 414 g/mol. The molecule has 30 heavy (non-hydrogen) atoms. The van der Waals surface area contributed by atoms with E-state index in [0.29, 0.717) is 29.9 Å². The second kappa shape index (κ2) is 8.25. The van der Waals surface area contributed by atoms with E-state index in [9.17, 15) is 9.59 Å². The van der Waals surface area contributed by atoms with Crippen LogP contribution in [0, 0.1) is 6.92 Å². The van der Waals surface area contributed by atoms with Gasteiger partial charge in [-0.15, -0.1) is 0 Å². The fraction of sp³-hybridized carbons (Fsp3) is 0.739. The van der Waals surface area contributed by atoms with Gasteiger partial charge in [-0.3, -0.25) is 4.79 Å². The van der Waals surface area contributed by atoms with Crippen LogP contribution < -0.4 is 5.32 Å².